The first kappa shape index (κ1) is 19.5. The minimum atomic E-state index is -0.450. The monoisotopic (exact) mass is 446 g/mol. The van der Waals surface area contributed by atoms with Gasteiger partial charge in [-0.05, 0) is 35.7 Å². The highest BCUT2D eigenvalue weighted by Gasteiger charge is 2.16. The van der Waals surface area contributed by atoms with Crippen LogP contribution in [0.15, 0.2) is 82.8 Å². The molecule has 5 aromatic rings. The molecule has 0 bridgehead atoms. The van der Waals surface area contributed by atoms with Gasteiger partial charge in [0.2, 0.25) is 5.89 Å². The molecule has 5 rings (SSSR count). The van der Waals surface area contributed by atoms with Crippen molar-refractivity contribution in [3.05, 3.63) is 94.7 Å². The number of esters is 1. The number of oxazole rings is 1. The summed E-state index contributed by atoms with van der Waals surface area (Å²) in [5.74, 6) is 0.0647. The van der Waals surface area contributed by atoms with Crippen LogP contribution < -0.4 is 0 Å². The lowest BCUT2D eigenvalue weighted by Gasteiger charge is -2.10. The van der Waals surface area contributed by atoms with Gasteiger partial charge in [-0.3, -0.25) is 0 Å². The van der Waals surface area contributed by atoms with Crippen LogP contribution in [0.2, 0.25) is 5.02 Å². The number of rotatable bonds is 5. The zero-order valence-corrected chi connectivity index (χ0v) is 17.7. The molecule has 0 saturated heterocycles. The van der Waals surface area contributed by atoms with E-state index < -0.39 is 5.97 Å². The first-order valence-corrected chi connectivity index (χ1v) is 10.7. The molecule has 3 heterocycles. The molecule has 0 unspecified atom stereocenters. The molecule has 31 heavy (non-hydrogen) atoms. The Morgan fingerprint density at radius 1 is 1.03 bits per heavy atom. The first-order chi connectivity index (χ1) is 15.2. The Bertz CT molecular complexity index is 1360. The largest absolute Gasteiger partial charge is 0.455 e. The van der Waals surface area contributed by atoms with Crippen molar-refractivity contribution in [2.45, 2.75) is 6.61 Å². The molecule has 5 nitrogen and oxygen atoms in total. The molecular weight excluding hydrogens is 432 g/mol. The summed E-state index contributed by atoms with van der Waals surface area (Å²) in [6.07, 6.45) is 1.51. The molecule has 3 aromatic heterocycles. The van der Waals surface area contributed by atoms with Gasteiger partial charge < -0.3 is 9.15 Å². The maximum Gasteiger partial charge on any atom is 0.339 e. The number of benzene rings is 2. The molecule has 0 radical (unpaired) electrons. The van der Waals surface area contributed by atoms with E-state index in [9.17, 15) is 4.79 Å². The van der Waals surface area contributed by atoms with Gasteiger partial charge in [0.15, 0.2) is 0 Å². The van der Waals surface area contributed by atoms with Crippen molar-refractivity contribution in [2.24, 2.45) is 0 Å². The van der Waals surface area contributed by atoms with Crippen molar-refractivity contribution in [3.63, 3.8) is 0 Å². The first-order valence-electron chi connectivity index (χ1n) is 9.48. The SMILES string of the molecule is O=C(OCc1coc(-c2cccs2)n1)c1cc(-c2ccc(Cl)cc2)nc2ccccc12. The Balaban J connectivity index is 1.43. The van der Waals surface area contributed by atoms with Crippen LogP contribution in [-0.2, 0) is 11.3 Å². The molecular formula is C24H15ClN2O3S. The molecule has 0 amide bonds. The fourth-order valence-electron chi connectivity index (χ4n) is 3.22. The predicted octanol–water partition coefficient (Wildman–Crippen LogP) is 6.63. The molecule has 0 aliphatic carbocycles. The highest BCUT2D eigenvalue weighted by atomic mass is 35.5. The topological polar surface area (TPSA) is 65.2 Å². The summed E-state index contributed by atoms with van der Waals surface area (Å²) >= 11 is 7.54. The van der Waals surface area contributed by atoms with Crippen LogP contribution >= 0.6 is 22.9 Å². The fourth-order valence-corrected chi connectivity index (χ4v) is 4.00. The van der Waals surface area contributed by atoms with E-state index in [0.717, 1.165) is 15.8 Å². The van der Waals surface area contributed by atoms with E-state index in [1.807, 2.05) is 53.9 Å². The third-order valence-electron chi connectivity index (χ3n) is 4.71. The Kier molecular flexibility index (Phi) is 5.24. The molecule has 152 valence electrons. The van der Waals surface area contributed by atoms with Gasteiger partial charge in [0.05, 0.1) is 21.7 Å². The smallest absolute Gasteiger partial charge is 0.339 e. The van der Waals surface area contributed by atoms with Gasteiger partial charge in [0.25, 0.3) is 0 Å². The van der Waals surface area contributed by atoms with E-state index in [2.05, 4.69) is 4.98 Å². The Labute approximate surface area is 186 Å². The zero-order valence-electron chi connectivity index (χ0n) is 16.1. The number of aromatic nitrogens is 2. The Morgan fingerprint density at radius 2 is 1.87 bits per heavy atom. The number of nitrogens with zero attached hydrogens (tertiary/aromatic N) is 2. The average molecular weight is 447 g/mol. The van der Waals surface area contributed by atoms with E-state index in [1.54, 1.807) is 18.2 Å². The minimum absolute atomic E-state index is 0.0145. The number of pyridine rings is 1. The summed E-state index contributed by atoms with van der Waals surface area (Å²) < 4.78 is 11.0. The number of ether oxygens (including phenoxy) is 1. The van der Waals surface area contributed by atoms with Crippen LogP contribution in [0.25, 0.3) is 32.9 Å². The molecule has 0 aliphatic rings. The summed E-state index contributed by atoms with van der Waals surface area (Å²) in [4.78, 5) is 23.0. The maximum absolute atomic E-state index is 13.0. The number of hydrogen-bond donors (Lipinski definition) is 0. The minimum Gasteiger partial charge on any atom is -0.455 e. The zero-order chi connectivity index (χ0) is 21.2. The summed E-state index contributed by atoms with van der Waals surface area (Å²) in [5, 5.41) is 3.31. The van der Waals surface area contributed by atoms with Gasteiger partial charge in [-0.1, -0.05) is 48.0 Å². The van der Waals surface area contributed by atoms with Crippen LogP contribution in [0.4, 0.5) is 0 Å². The maximum atomic E-state index is 13.0. The van der Waals surface area contributed by atoms with Crippen LogP contribution in [-0.4, -0.2) is 15.9 Å². The van der Waals surface area contributed by atoms with Crippen molar-refractivity contribution >= 4 is 39.8 Å². The van der Waals surface area contributed by atoms with Crippen LogP contribution in [0.1, 0.15) is 16.1 Å². The number of hydrogen-bond acceptors (Lipinski definition) is 6. The van der Waals surface area contributed by atoms with E-state index in [0.29, 0.717) is 33.4 Å². The van der Waals surface area contributed by atoms with E-state index >= 15 is 0 Å². The van der Waals surface area contributed by atoms with Crippen molar-refractivity contribution < 1.29 is 13.9 Å². The number of halogens is 1. The second-order valence-electron chi connectivity index (χ2n) is 6.78. The number of fused-ring (bicyclic) bond motifs is 1. The molecule has 0 fully saturated rings. The summed E-state index contributed by atoms with van der Waals surface area (Å²) in [7, 11) is 0. The number of thiophene rings is 1. The quantitative estimate of drug-likeness (QED) is 0.283. The van der Waals surface area contributed by atoms with E-state index in [4.69, 9.17) is 25.7 Å². The standard InChI is InChI=1S/C24H15ClN2O3S/c25-16-9-7-15(8-10-16)21-12-19(18-4-1-2-5-20(18)27-21)24(28)30-14-17-13-29-23(26-17)22-6-3-11-31-22/h1-13H,14H2. The average Bonchev–Trinajstić information content (AvgIpc) is 3.49. The molecule has 7 heteroatoms. The van der Waals surface area contributed by atoms with Crippen molar-refractivity contribution in [1.82, 2.24) is 9.97 Å². The van der Waals surface area contributed by atoms with Gasteiger partial charge >= 0.3 is 5.97 Å². The highest BCUT2D eigenvalue weighted by molar-refractivity contribution is 7.13. The Morgan fingerprint density at radius 3 is 2.68 bits per heavy atom. The number of carbonyl (C=O) groups is 1. The van der Waals surface area contributed by atoms with Crippen molar-refractivity contribution in [2.75, 3.05) is 0 Å². The second kappa shape index (κ2) is 8.34. The van der Waals surface area contributed by atoms with Gasteiger partial charge in [-0.2, -0.15) is 0 Å². The van der Waals surface area contributed by atoms with Crippen molar-refractivity contribution in [3.8, 4) is 22.0 Å². The van der Waals surface area contributed by atoms with E-state index in [1.165, 1.54) is 17.6 Å². The molecule has 0 spiro atoms. The molecule has 0 aliphatic heterocycles. The summed E-state index contributed by atoms with van der Waals surface area (Å²) in [5.41, 5.74) is 3.24. The predicted molar refractivity (Wildman–Crippen MR) is 121 cm³/mol. The van der Waals surface area contributed by atoms with Crippen LogP contribution in [0.5, 0.6) is 0 Å². The summed E-state index contributed by atoms with van der Waals surface area (Å²) in [6.45, 7) is 0.0145. The fraction of sp³-hybridized carbons (Fsp3) is 0.0417. The highest BCUT2D eigenvalue weighted by Crippen LogP contribution is 2.27. The van der Waals surface area contributed by atoms with Gasteiger partial charge in [0.1, 0.15) is 18.6 Å². The van der Waals surface area contributed by atoms with Gasteiger partial charge in [-0.25, -0.2) is 14.8 Å². The van der Waals surface area contributed by atoms with E-state index in [-0.39, 0.29) is 6.61 Å². The molecule has 0 saturated carbocycles. The molecule has 0 atom stereocenters. The van der Waals surface area contributed by atoms with Crippen LogP contribution in [0.3, 0.4) is 0 Å². The summed E-state index contributed by atoms with van der Waals surface area (Å²) in [6, 6.07) is 20.4. The second-order valence-corrected chi connectivity index (χ2v) is 8.16. The van der Waals surface area contributed by atoms with Gasteiger partial charge in [0, 0.05) is 16.0 Å². The lowest BCUT2D eigenvalue weighted by Crippen LogP contribution is -2.07. The molecule has 2 aromatic carbocycles. The van der Waals surface area contributed by atoms with Crippen LogP contribution in [0, 0.1) is 0 Å². The lowest BCUT2D eigenvalue weighted by atomic mass is 10.0. The van der Waals surface area contributed by atoms with Gasteiger partial charge in [-0.15, -0.1) is 11.3 Å². The number of para-hydroxylation sites is 1. The lowest BCUT2D eigenvalue weighted by molar-refractivity contribution is 0.0470. The third kappa shape index (κ3) is 4.08. The third-order valence-corrected chi connectivity index (χ3v) is 5.82. The Hall–Kier alpha value is -3.48. The van der Waals surface area contributed by atoms with Crippen molar-refractivity contribution in [1.29, 1.82) is 0 Å². The molecule has 0 N–H and O–H groups in total. The normalized spacial score (nSPS) is 11.0. The number of carbonyl (C=O) groups excluding carboxylic acids is 1.